The number of hydrogen-bond donors (Lipinski definition) is 1. The van der Waals surface area contributed by atoms with E-state index in [-0.39, 0.29) is 6.04 Å². The average Bonchev–Trinajstić information content (AvgIpc) is 2.49. The lowest BCUT2D eigenvalue weighted by Crippen LogP contribution is -2.45. The molecular weight excluding hydrogens is 250 g/mol. The van der Waals surface area contributed by atoms with Gasteiger partial charge in [-0.05, 0) is 57.7 Å². The summed E-state index contributed by atoms with van der Waals surface area (Å²) in [5.74, 6) is 0.895. The minimum Gasteiger partial charge on any atom is -0.497 e. The highest BCUT2D eigenvalue weighted by molar-refractivity contribution is 5.29. The van der Waals surface area contributed by atoms with Gasteiger partial charge in [0.2, 0.25) is 0 Å². The molecule has 1 aromatic carbocycles. The van der Waals surface area contributed by atoms with Crippen LogP contribution in [0.1, 0.15) is 24.4 Å². The summed E-state index contributed by atoms with van der Waals surface area (Å²) in [6.45, 7) is 3.00. The maximum atomic E-state index is 6.03. The first-order valence-electron chi connectivity index (χ1n) is 7.40. The van der Waals surface area contributed by atoms with Gasteiger partial charge in [0.25, 0.3) is 0 Å². The van der Waals surface area contributed by atoms with E-state index in [4.69, 9.17) is 10.5 Å². The summed E-state index contributed by atoms with van der Waals surface area (Å²) in [5.41, 5.74) is 7.30. The van der Waals surface area contributed by atoms with Gasteiger partial charge in [-0.2, -0.15) is 0 Å². The van der Waals surface area contributed by atoms with Crippen LogP contribution in [0.2, 0.25) is 0 Å². The monoisotopic (exact) mass is 277 g/mol. The van der Waals surface area contributed by atoms with E-state index in [0.29, 0.717) is 12.6 Å². The summed E-state index contributed by atoms with van der Waals surface area (Å²) >= 11 is 0. The maximum Gasteiger partial charge on any atom is 0.118 e. The Hall–Kier alpha value is -1.10. The number of nitrogens with two attached hydrogens (primary N) is 1. The number of methoxy groups -OCH3 is 1. The largest absolute Gasteiger partial charge is 0.497 e. The second-order valence-electron chi connectivity index (χ2n) is 5.72. The molecule has 1 fully saturated rings. The van der Waals surface area contributed by atoms with Gasteiger partial charge >= 0.3 is 0 Å². The second-order valence-corrected chi connectivity index (χ2v) is 5.72. The first-order valence-corrected chi connectivity index (χ1v) is 7.40. The van der Waals surface area contributed by atoms with Crippen molar-refractivity contribution in [2.45, 2.75) is 24.9 Å². The van der Waals surface area contributed by atoms with Crippen LogP contribution in [0, 0.1) is 0 Å². The molecule has 1 aliphatic heterocycles. The molecule has 1 heterocycles. The fraction of sp³-hybridized carbons (Fsp3) is 0.625. The highest BCUT2D eigenvalue weighted by Crippen LogP contribution is 2.26. The van der Waals surface area contributed by atoms with Gasteiger partial charge in [-0.3, -0.25) is 4.90 Å². The fourth-order valence-corrected chi connectivity index (χ4v) is 3.02. The van der Waals surface area contributed by atoms with E-state index in [1.165, 1.54) is 31.5 Å². The summed E-state index contributed by atoms with van der Waals surface area (Å²) in [7, 11) is 6.10. The fourth-order valence-electron chi connectivity index (χ4n) is 3.02. The topological polar surface area (TPSA) is 41.7 Å². The van der Waals surface area contributed by atoms with Crippen LogP contribution < -0.4 is 10.5 Å². The van der Waals surface area contributed by atoms with Crippen LogP contribution in [0.3, 0.4) is 0 Å². The van der Waals surface area contributed by atoms with Crippen molar-refractivity contribution in [3.8, 4) is 5.75 Å². The molecule has 1 unspecified atom stereocenters. The third-order valence-electron chi connectivity index (χ3n) is 4.48. The predicted molar refractivity (Wildman–Crippen MR) is 83.1 cm³/mol. The van der Waals surface area contributed by atoms with Crippen LogP contribution in [-0.2, 0) is 0 Å². The quantitative estimate of drug-likeness (QED) is 0.890. The Labute approximate surface area is 122 Å². The molecule has 2 rings (SSSR count). The molecule has 1 atom stereocenters. The molecule has 1 aliphatic rings. The second kappa shape index (κ2) is 7.07. The van der Waals surface area contributed by atoms with Gasteiger partial charge in [0.15, 0.2) is 0 Å². The molecule has 0 spiro atoms. The lowest BCUT2D eigenvalue weighted by molar-refractivity contribution is 0.109. The van der Waals surface area contributed by atoms with Crippen molar-refractivity contribution in [2.24, 2.45) is 5.73 Å². The molecule has 0 aliphatic carbocycles. The molecule has 1 saturated heterocycles. The molecular formula is C16H27N3O. The third kappa shape index (κ3) is 3.51. The van der Waals surface area contributed by atoms with E-state index in [1.54, 1.807) is 7.11 Å². The number of likely N-dealkylation sites (N-methyl/N-ethyl adjacent to an activating group) is 1. The number of hydrogen-bond acceptors (Lipinski definition) is 4. The van der Waals surface area contributed by atoms with Crippen LogP contribution in [0.15, 0.2) is 24.3 Å². The Morgan fingerprint density at radius 3 is 2.40 bits per heavy atom. The summed E-state index contributed by atoms with van der Waals surface area (Å²) in [6.07, 6.45) is 2.44. The van der Waals surface area contributed by atoms with Crippen molar-refractivity contribution >= 4 is 0 Å². The summed E-state index contributed by atoms with van der Waals surface area (Å²) in [6, 6.07) is 9.20. The van der Waals surface area contributed by atoms with Crippen molar-refractivity contribution in [3.05, 3.63) is 29.8 Å². The van der Waals surface area contributed by atoms with Gasteiger partial charge < -0.3 is 15.4 Å². The zero-order valence-electron chi connectivity index (χ0n) is 12.9. The maximum absolute atomic E-state index is 6.03. The number of piperidine rings is 1. The van der Waals surface area contributed by atoms with Crippen molar-refractivity contribution in [3.63, 3.8) is 0 Å². The Kier molecular flexibility index (Phi) is 5.40. The van der Waals surface area contributed by atoms with E-state index in [1.807, 2.05) is 12.1 Å². The predicted octanol–water partition coefficient (Wildman–Crippen LogP) is 1.72. The summed E-state index contributed by atoms with van der Waals surface area (Å²) in [4.78, 5) is 4.85. The van der Waals surface area contributed by atoms with Crippen molar-refractivity contribution in [1.82, 2.24) is 9.80 Å². The van der Waals surface area contributed by atoms with Gasteiger partial charge in [0, 0.05) is 18.6 Å². The molecule has 0 radical (unpaired) electrons. The highest BCUT2D eigenvalue weighted by atomic mass is 16.5. The number of nitrogens with zero attached hydrogens (tertiary/aromatic N) is 2. The zero-order valence-corrected chi connectivity index (χ0v) is 12.9. The normalized spacial score (nSPS) is 19.2. The highest BCUT2D eigenvalue weighted by Gasteiger charge is 2.26. The minimum atomic E-state index is 0.286. The molecule has 1 aromatic rings. The van der Waals surface area contributed by atoms with Crippen molar-refractivity contribution < 1.29 is 4.74 Å². The van der Waals surface area contributed by atoms with Gasteiger partial charge in [-0.1, -0.05) is 12.1 Å². The first kappa shape index (κ1) is 15.3. The lowest BCUT2D eigenvalue weighted by atomic mass is 9.98. The lowest BCUT2D eigenvalue weighted by Gasteiger charge is -2.39. The van der Waals surface area contributed by atoms with Crippen molar-refractivity contribution in [1.29, 1.82) is 0 Å². The summed E-state index contributed by atoms with van der Waals surface area (Å²) < 4.78 is 5.22. The average molecular weight is 277 g/mol. The molecule has 0 bridgehead atoms. The summed E-state index contributed by atoms with van der Waals surface area (Å²) in [5, 5.41) is 0. The SMILES string of the molecule is COc1ccc(C(CN)N(C)C2CCN(C)CC2)cc1. The first-order chi connectivity index (χ1) is 9.65. The standard InChI is InChI=1S/C16H27N3O/c1-18-10-8-14(9-11-18)19(2)16(12-17)13-4-6-15(20-3)7-5-13/h4-7,14,16H,8-12,17H2,1-3H3. The number of ether oxygens (including phenoxy) is 1. The Balaban J connectivity index is 2.06. The third-order valence-corrected chi connectivity index (χ3v) is 4.48. The van der Waals surface area contributed by atoms with Crippen LogP contribution in [0.5, 0.6) is 5.75 Å². The number of likely N-dealkylation sites (tertiary alicyclic amines) is 1. The Bertz CT molecular complexity index is 399. The van der Waals surface area contributed by atoms with Crippen LogP contribution in [0.25, 0.3) is 0 Å². The molecule has 112 valence electrons. The van der Waals surface area contributed by atoms with Gasteiger partial charge in [-0.15, -0.1) is 0 Å². The van der Waals surface area contributed by atoms with Gasteiger partial charge in [0.05, 0.1) is 7.11 Å². The van der Waals surface area contributed by atoms with E-state index in [9.17, 15) is 0 Å². The minimum absolute atomic E-state index is 0.286. The number of rotatable bonds is 5. The van der Waals surface area contributed by atoms with E-state index in [0.717, 1.165) is 5.75 Å². The smallest absolute Gasteiger partial charge is 0.118 e. The van der Waals surface area contributed by atoms with E-state index >= 15 is 0 Å². The molecule has 4 nitrogen and oxygen atoms in total. The molecule has 0 saturated carbocycles. The molecule has 4 heteroatoms. The molecule has 2 N–H and O–H groups in total. The van der Waals surface area contributed by atoms with Crippen LogP contribution >= 0.6 is 0 Å². The molecule has 0 amide bonds. The van der Waals surface area contributed by atoms with Gasteiger partial charge in [0.1, 0.15) is 5.75 Å². The molecule has 20 heavy (non-hydrogen) atoms. The van der Waals surface area contributed by atoms with Crippen LogP contribution in [0.4, 0.5) is 0 Å². The van der Waals surface area contributed by atoms with Crippen molar-refractivity contribution in [2.75, 3.05) is 40.8 Å². The van der Waals surface area contributed by atoms with E-state index in [2.05, 4.69) is 36.0 Å². The Morgan fingerprint density at radius 1 is 1.30 bits per heavy atom. The Morgan fingerprint density at radius 2 is 1.90 bits per heavy atom. The molecule has 0 aromatic heterocycles. The van der Waals surface area contributed by atoms with Crippen LogP contribution in [-0.4, -0.2) is 56.7 Å². The number of benzene rings is 1. The zero-order chi connectivity index (χ0) is 14.5. The van der Waals surface area contributed by atoms with Gasteiger partial charge in [-0.25, -0.2) is 0 Å². The van der Waals surface area contributed by atoms with E-state index < -0.39 is 0 Å².